The molecule has 0 spiro atoms. The molecule has 0 radical (unpaired) electrons. The summed E-state index contributed by atoms with van der Waals surface area (Å²) in [4.78, 5) is 4.79. The summed E-state index contributed by atoms with van der Waals surface area (Å²) in [5, 5.41) is 0. The third-order valence-corrected chi connectivity index (χ3v) is 7.41. The van der Waals surface area contributed by atoms with Crippen LogP contribution < -0.4 is 14.8 Å². The maximum Gasteiger partial charge on any atom is 0.239 e. The number of hydrogen-bond acceptors (Lipinski definition) is 5. The van der Waals surface area contributed by atoms with E-state index in [1.54, 1.807) is 0 Å². The maximum atomic E-state index is 12.3. The van der Waals surface area contributed by atoms with Gasteiger partial charge in [0, 0.05) is 16.7 Å². The lowest BCUT2D eigenvalue weighted by molar-refractivity contribution is 0.253. The number of aromatic nitrogens is 1. The van der Waals surface area contributed by atoms with Crippen LogP contribution in [-0.2, 0) is 15.6 Å². The molecule has 5 rings (SSSR count). The van der Waals surface area contributed by atoms with Crippen LogP contribution in [0.15, 0.2) is 60.7 Å². The smallest absolute Gasteiger partial charge is 0.239 e. The fraction of sp³-hybridized carbons (Fsp3) is 0.292. The second kappa shape index (κ2) is 7.35. The molecule has 0 unspecified atom stereocenters. The molecule has 0 atom stereocenters. The van der Waals surface area contributed by atoms with E-state index >= 15 is 0 Å². The van der Waals surface area contributed by atoms with E-state index in [0.717, 1.165) is 47.2 Å². The first-order chi connectivity index (χ1) is 14.9. The fourth-order valence-corrected chi connectivity index (χ4v) is 5.22. The first-order valence-corrected chi connectivity index (χ1v) is 12.3. The van der Waals surface area contributed by atoms with Crippen LogP contribution in [0.25, 0.3) is 22.4 Å². The maximum absolute atomic E-state index is 12.3. The van der Waals surface area contributed by atoms with Crippen molar-refractivity contribution in [3.05, 3.63) is 66.2 Å². The van der Waals surface area contributed by atoms with Gasteiger partial charge in [0.15, 0.2) is 0 Å². The van der Waals surface area contributed by atoms with Crippen LogP contribution in [0.1, 0.15) is 24.8 Å². The Balaban J connectivity index is 1.66. The summed E-state index contributed by atoms with van der Waals surface area (Å²) < 4.78 is 31.8. The van der Waals surface area contributed by atoms with E-state index in [-0.39, 0.29) is 18.7 Å². The zero-order valence-electron chi connectivity index (χ0n) is 17.4. The van der Waals surface area contributed by atoms with Gasteiger partial charge in [-0.25, -0.2) is 13.4 Å². The number of nitrogens with two attached hydrogens (primary N) is 1. The topological polar surface area (TPSA) is 85.5 Å². The Hall–Kier alpha value is -2.90. The van der Waals surface area contributed by atoms with Crippen LogP contribution in [-0.4, -0.2) is 32.8 Å². The van der Waals surface area contributed by atoms with Crippen LogP contribution in [0, 0.1) is 0 Å². The van der Waals surface area contributed by atoms with Gasteiger partial charge in [0.2, 0.25) is 15.9 Å². The van der Waals surface area contributed by atoms with E-state index in [0.29, 0.717) is 11.6 Å². The first kappa shape index (κ1) is 20.0. The highest BCUT2D eigenvalue weighted by molar-refractivity contribution is 7.92. The molecular weight excluding hydrogens is 410 g/mol. The summed E-state index contributed by atoms with van der Waals surface area (Å²) in [6.45, 7) is 0.542. The number of hydrogen-bond donors (Lipinski definition) is 1. The molecule has 1 aliphatic heterocycles. The number of nitrogens with zero attached hydrogens (tertiary/aromatic N) is 2. The van der Waals surface area contributed by atoms with Gasteiger partial charge in [0.25, 0.3) is 0 Å². The van der Waals surface area contributed by atoms with Crippen molar-refractivity contribution < 1.29 is 13.2 Å². The SMILES string of the molecule is CS(=O)(=O)N1CCOc2nc(-c3ccc(C4(N)CCC4)cc3)c(-c3ccccc3)cc21. The monoisotopic (exact) mass is 435 g/mol. The molecule has 1 saturated carbocycles. The van der Waals surface area contributed by atoms with Gasteiger partial charge in [0.05, 0.1) is 18.5 Å². The number of ether oxygens (including phenoxy) is 1. The molecule has 0 saturated heterocycles. The fourth-order valence-electron chi connectivity index (χ4n) is 4.33. The van der Waals surface area contributed by atoms with Crippen molar-refractivity contribution in [1.82, 2.24) is 4.98 Å². The van der Waals surface area contributed by atoms with Gasteiger partial charge in [-0.2, -0.15) is 0 Å². The van der Waals surface area contributed by atoms with Crippen molar-refractivity contribution in [3.8, 4) is 28.3 Å². The van der Waals surface area contributed by atoms with Gasteiger partial charge in [-0.05, 0) is 36.5 Å². The second-order valence-electron chi connectivity index (χ2n) is 8.35. The highest BCUT2D eigenvalue weighted by atomic mass is 32.2. The molecule has 31 heavy (non-hydrogen) atoms. The molecule has 3 aromatic rings. The highest BCUT2D eigenvalue weighted by Crippen LogP contribution is 2.42. The van der Waals surface area contributed by atoms with E-state index in [4.69, 9.17) is 15.5 Å². The Bertz CT molecular complexity index is 1220. The number of pyridine rings is 1. The van der Waals surface area contributed by atoms with Gasteiger partial charge in [0.1, 0.15) is 12.3 Å². The van der Waals surface area contributed by atoms with Crippen molar-refractivity contribution in [2.75, 3.05) is 23.7 Å². The first-order valence-electron chi connectivity index (χ1n) is 10.5. The van der Waals surface area contributed by atoms with Gasteiger partial charge in [-0.15, -0.1) is 0 Å². The van der Waals surface area contributed by atoms with Crippen molar-refractivity contribution in [2.45, 2.75) is 24.8 Å². The molecule has 1 aliphatic carbocycles. The summed E-state index contributed by atoms with van der Waals surface area (Å²) in [5.74, 6) is 0.338. The molecule has 0 bridgehead atoms. The van der Waals surface area contributed by atoms with Gasteiger partial charge >= 0.3 is 0 Å². The Morgan fingerprint density at radius 3 is 2.35 bits per heavy atom. The van der Waals surface area contributed by atoms with Crippen LogP contribution in [0.3, 0.4) is 0 Å². The lowest BCUT2D eigenvalue weighted by Crippen LogP contribution is -2.43. The van der Waals surface area contributed by atoms with E-state index in [9.17, 15) is 8.42 Å². The number of anilines is 1. The zero-order chi connectivity index (χ0) is 21.6. The van der Waals surface area contributed by atoms with E-state index in [1.165, 1.54) is 10.6 Å². The standard InChI is InChI=1S/C24H25N3O3S/c1-31(28,29)27-14-15-30-23-21(27)16-20(17-6-3-2-4-7-17)22(26-23)18-8-10-19(11-9-18)24(25)12-5-13-24/h2-4,6-11,16H,5,12-15,25H2,1H3. The molecule has 0 amide bonds. The van der Waals surface area contributed by atoms with E-state index < -0.39 is 10.0 Å². The molecule has 1 fully saturated rings. The molecule has 2 aromatic carbocycles. The third-order valence-electron chi connectivity index (χ3n) is 6.23. The average Bonchev–Trinajstić information content (AvgIpc) is 2.76. The Labute approximate surface area is 182 Å². The van der Waals surface area contributed by atoms with Crippen molar-refractivity contribution >= 4 is 15.7 Å². The Morgan fingerprint density at radius 1 is 1.03 bits per heavy atom. The van der Waals surface area contributed by atoms with Crippen LogP contribution in [0.2, 0.25) is 0 Å². The molecule has 2 aliphatic rings. The largest absolute Gasteiger partial charge is 0.474 e. The van der Waals surface area contributed by atoms with Crippen molar-refractivity contribution in [3.63, 3.8) is 0 Å². The van der Waals surface area contributed by atoms with E-state index in [2.05, 4.69) is 12.1 Å². The molecule has 2 N–H and O–H groups in total. The molecule has 6 nitrogen and oxygen atoms in total. The minimum atomic E-state index is -3.43. The number of fused-ring (bicyclic) bond motifs is 1. The van der Waals surface area contributed by atoms with Crippen molar-refractivity contribution in [2.24, 2.45) is 5.73 Å². The van der Waals surface area contributed by atoms with E-state index in [1.807, 2.05) is 48.5 Å². The summed E-state index contributed by atoms with van der Waals surface area (Å²) in [5.41, 5.74) is 11.4. The second-order valence-corrected chi connectivity index (χ2v) is 10.3. The molecule has 160 valence electrons. The molecule has 2 heterocycles. The molecule has 1 aromatic heterocycles. The predicted molar refractivity (Wildman–Crippen MR) is 123 cm³/mol. The van der Waals surface area contributed by atoms with Crippen LogP contribution in [0.5, 0.6) is 5.88 Å². The summed E-state index contributed by atoms with van der Waals surface area (Å²) in [6.07, 6.45) is 4.39. The summed E-state index contributed by atoms with van der Waals surface area (Å²) in [6, 6.07) is 20.0. The number of benzene rings is 2. The Kier molecular flexibility index (Phi) is 4.75. The normalized spacial score (nSPS) is 17.4. The Morgan fingerprint density at radius 2 is 1.74 bits per heavy atom. The quantitative estimate of drug-likeness (QED) is 0.672. The lowest BCUT2D eigenvalue weighted by atomic mass is 9.72. The molecule has 7 heteroatoms. The van der Waals surface area contributed by atoms with Crippen LogP contribution >= 0.6 is 0 Å². The summed E-state index contributed by atoms with van der Waals surface area (Å²) >= 11 is 0. The van der Waals surface area contributed by atoms with Gasteiger partial charge in [-0.3, -0.25) is 4.31 Å². The summed E-state index contributed by atoms with van der Waals surface area (Å²) in [7, 11) is -3.43. The van der Waals surface area contributed by atoms with Gasteiger partial charge in [-0.1, -0.05) is 54.6 Å². The number of rotatable bonds is 4. The predicted octanol–water partition coefficient (Wildman–Crippen LogP) is 3.91. The average molecular weight is 436 g/mol. The minimum absolute atomic E-state index is 0.219. The van der Waals surface area contributed by atoms with Gasteiger partial charge < -0.3 is 10.5 Å². The molecular formula is C24H25N3O3S. The highest BCUT2D eigenvalue weighted by Gasteiger charge is 2.34. The van der Waals surface area contributed by atoms with Crippen LogP contribution in [0.4, 0.5) is 5.69 Å². The van der Waals surface area contributed by atoms with Crippen molar-refractivity contribution in [1.29, 1.82) is 0 Å². The zero-order valence-corrected chi connectivity index (χ0v) is 18.2. The third kappa shape index (κ3) is 3.58. The minimum Gasteiger partial charge on any atom is -0.474 e. The lowest BCUT2D eigenvalue weighted by Gasteiger charge is -2.38. The number of sulfonamides is 1.